The number of aromatic nitrogens is 1. The average Bonchev–Trinajstić information content (AvgIpc) is 3.08. The zero-order valence-electron chi connectivity index (χ0n) is 16.2. The monoisotopic (exact) mass is 406 g/mol. The van der Waals surface area contributed by atoms with E-state index in [1.54, 1.807) is 37.4 Å². The first-order chi connectivity index (χ1) is 14.5. The molecule has 1 N–H and O–H groups in total. The van der Waals surface area contributed by atoms with E-state index >= 15 is 0 Å². The van der Waals surface area contributed by atoms with Crippen molar-refractivity contribution in [3.63, 3.8) is 0 Å². The minimum Gasteiger partial charge on any atom is -0.497 e. The standard InChI is InChI=1S/C23H19FN2O4/c1-29-19-9-4-15(5-10-19)13-25-22(27)17-6-11-21-20(12-17)26(23(28)30-21)14-16-2-7-18(24)8-3-16/h2-12H,13-14H2,1H3,(H,25,27). The van der Waals surface area contributed by atoms with Gasteiger partial charge in [-0.1, -0.05) is 24.3 Å². The summed E-state index contributed by atoms with van der Waals surface area (Å²) < 4.78 is 24.9. The number of hydrogen-bond donors (Lipinski definition) is 1. The number of carbonyl (C=O) groups excluding carboxylic acids is 1. The van der Waals surface area contributed by atoms with E-state index in [-0.39, 0.29) is 18.3 Å². The minimum absolute atomic E-state index is 0.211. The highest BCUT2D eigenvalue weighted by molar-refractivity contribution is 5.97. The van der Waals surface area contributed by atoms with Crippen LogP contribution in [0.3, 0.4) is 0 Å². The predicted octanol–water partition coefficient (Wildman–Crippen LogP) is 3.72. The minimum atomic E-state index is -0.537. The van der Waals surface area contributed by atoms with Gasteiger partial charge in [0.25, 0.3) is 5.91 Å². The van der Waals surface area contributed by atoms with Crippen LogP contribution in [0.4, 0.5) is 4.39 Å². The number of hydrogen-bond acceptors (Lipinski definition) is 4. The van der Waals surface area contributed by atoms with Gasteiger partial charge in [0, 0.05) is 12.1 Å². The predicted molar refractivity (Wildman–Crippen MR) is 110 cm³/mol. The molecular weight excluding hydrogens is 387 g/mol. The second-order valence-corrected chi connectivity index (χ2v) is 6.79. The van der Waals surface area contributed by atoms with Gasteiger partial charge in [0.05, 0.1) is 19.2 Å². The molecule has 6 nitrogen and oxygen atoms in total. The molecule has 0 aliphatic heterocycles. The zero-order chi connectivity index (χ0) is 21.1. The van der Waals surface area contributed by atoms with Crippen LogP contribution in [0.15, 0.2) is 75.9 Å². The van der Waals surface area contributed by atoms with Crippen LogP contribution >= 0.6 is 0 Å². The number of fused-ring (bicyclic) bond motifs is 1. The number of nitrogens with one attached hydrogen (secondary N) is 1. The molecule has 152 valence electrons. The highest BCUT2D eigenvalue weighted by Crippen LogP contribution is 2.17. The first-order valence-electron chi connectivity index (χ1n) is 9.32. The molecule has 0 aliphatic rings. The molecule has 0 aliphatic carbocycles. The van der Waals surface area contributed by atoms with E-state index in [0.717, 1.165) is 16.9 Å². The molecule has 0 saturated carbocycles. The van der Waals surface area contributed by atoms with Crippen molar-refractivity contribution in [2.45, 2.75) is 13.1 Å². The molecule has 0 saturated heterocycles. The Kier molecular flexibility index (Phi) is 5.34. The summed E-state index contributed by atoms with van der Waals surface area (Å²) in [5, 5.41) is 2.86. The van der Waals surface area contributed by atoms with Crippen LogP contribution in [0.5, 0.6) is 5.75 Å². The fraction of sp³-hybridized carbons (Fsp3) is 0.130. The van der Waals surface area contributed by atoms with Gasteiger partial charge in [0.15, 0.2) is 5.58 Å². The third-order valence-corrected chi connectivity index (χ3v) is 4.80. The van der Waals surface area contributed by atoms with Crippen molar-refractivity contribution < 1.29 is 18.3 Å². The van der Waals surface area contributed by atoms with Gasteiger partial charge < -0.3 is 14.5 Å². The van der Waals surface area contributed by atoms with Crippen LogP contribution in [0.1, 0.15) is 21.5 Å². The quantitative estimate of drug-likeness (QED) is 0.530. The van der Waals surface area contributed by atoms with E-state index in [1.807, 2.05) is 24.3 Å². The van der Waals surface area contributed by atoms with Crippen LogP contribution in [-0.4, -0.2) is 17.6 Å². The van der Waals surface area contributed by atoms with Crippen molar-refractivity contribution in [1.82, 2.24) is 9.88 Å². The molecule has 1 amide bonds. The molecule has 7 heteroatoms. The van der Waals surface area contributed by atoms with E-state index in [4.69, 9.17) is 9.15 Å². The number of carbonyl (C=O) groups is 1. The van der Waals surface area contributed by atoms with Crippen LogP contribution in [0, 0.1) is 5.82 Å². The summed E-state index contributed by atoms with van der Waals surface area (Å²) in [6, 6.07) is 18.1. The molecule has 3 aromatic carbocycles. The van der Waals surface area contributed by atoms with Crippen molar-refractivity contribution >= 4 is 17.0 Å². The van der Waals surface area contributed by atoms with Gasteiger partial charge >= 0.3 is 5.76 Å². The van der Waals surface area contributed by atoms with Gasteiger partial charge in [0.1, 0.15) is 11.6 Å². The van der Waals surface area contributed by atoms with Crippen molar-refractivity contribution in [3.8, 4) is 5.75 Å². The number of ether oxygens (including phenoxy) is 1. The molecule has 0 spiro atoms. The van der Waals surface area contributed by atoms with Crippen molar-refractivity contribution in [2.24, 2.45) is 0 Å². The Morgan fingerprint density at radius 2 is 1.73 bits per heavy atom. The van der Waals surface area contributed by atoms with Crippen molar-refractivity contribution in [2.75, 3.05) is 7.11 Å². The highest BCUT2D eigenvalue weighted by atomic mass is 19.1. The molecule has 4 aromatic rings. The van der Waals surface area contributed by atoms with Gasteiger partial charge in [-0.25, -0.2) is 9.18 Å². The molecule has 4 rings (SSSR count). The van der Waals surface area contributed by atoms with Crippen molar-refractivity contribution in [3.05, 3.63) is 99.8 Å². The number of oxazole rings is 1. The number of rotatable bonds is 6. The van der Waals surface area contributed by atoms with Gasteiger partial charge in [0.2, 0.25) is 0 Å². The normalized spacial score (nSPS) is 10.9. The summed E-state index contributed by atoms with van der Waals surface area (Å²) in [6.07, 6.45) is 0. The highest BCUT2D eigenvalue weighted by Gasteiger charge is 2.13. The summed E-state index contributed by atoms with van der Waals surface area (Å²) >= 11 is 0. The number of benzene rings is 3. The smallest absolute Gasteiger partial charge is 0.420 e. The number of nitrogens with zero attached hydrogens (tertiary/aromatic N) is 1. The van der Waals surface area contributed by atoms with Crippen LogP contribution in [0.25, 0.3) is 11.1 Å². The first kappa shape index (κ1) is 19.4. The third-order valence-electron chi connectivity index (χ3n) is 4.80. The summed E-state index contributed by atoms with van der Waals surface area (Å²) in [7, 11) is 1.60. The van der Waals surface area contributed by atoms with Gasteiger partial charge in [-0.2, -0.15) is 0 Å². The number of methoxy groups -OCH3 is 1. The lowest BCUT2D eigenvalue weighted by atomic mass is 10.1. The molecule has 0 unspecified atom stereocenters. The number of halogens is 1. The Labute approximate surface area is 171 Å². The van der Waals surface area contributed by atoms with Crippen molar-refractivity contribution in [1.29, 1.82) is 0 Å². The zero-order valence-corrected chi connectivity index (χ0v) is 16.2. The molecule has 1 aromatic heterocycles. The topological polar surface area (TPSA) is 73.5 Å². The van der Waals surface area contributed by atoms with E-state index in [9.17, 15) is 14.0 Å². The maximum Gasteiger partial charge on any atom is 0.420 e. The molecule has 1 heterocycles. The fourth-order valence-corrected chi connectivity index (χ4v) is 3.15. The summed E-state index contributed by atoms with van der Waals surface area (Å²) in [5.74, 6) is -0.409. The van der Waals surface area contributed by atoms with Gasteiger partial charge in [-0.3, -0.25) is 9.36 Å². The Morgan fingerprint density at radius 3 is 2.43 bits per heavy atom. The molecular formula is C23H19FN2O4. The van der Waals surface area contributed by atoms with E-state index in [1.165, 1.54) is 16.7 Å². The maximum absolute atomic E-state index is 13.1. The molecule has 0 bridgehead atoms. The lowest BCUT2D eigenvalue weighted by molar-refractivity contribution is 0.0951. The Balaban J connectivity index is 1.54. The maximum atomic E-state index is 13.1. The summed E-state index contributed by atoms with van der Waals surface area (Å²) in [4.78, 5) is 24.9. The molecule has 30 heavy (non-hydrogen) atoms. The van der Waals surface area contributed by atoms with Crippen LogP contribution in [-0.2, 0) is 13.1 Å². The molecule has 0 atom stereocenters. The SMILES string of the molecule is COc1ccc(CNC(=O)c2ccc3oc(=O)n(Cc4ccc(F)cc4)c3c2)cc1. The summed E-state index contributed by atoms with van der Waals surface area (Å²) in [5.41, 5.74) is 2.97. The first-order valence-corrected chi connectivity index (χ1v) is 9.32. The van der Waals surface area contributed by atoms with Gasteiger partial charge in [-0.15, -0.1) is 0 Å². The Hall–Kier alpha value is -3.87. The average molecular weight is 406 g/mol. The second kappa shape index (κ2) is 8.24. The Morgan fingerprint density at radius 1 is 1.03 bits per heavy atom. The van der Waals surface area contributed by atoms with Crippen LogP contribution < -0.4 is 15.8 Å². The van der Waals surface area contributed by atoms with Crippen LogP contribution in [0.2, 0.25) is 0 Å². The Bertz CT molecular complexity index is 1240. The largest absolute Gasteiger partial charge is 0.497 e. The van der Waals surface area contributed by atoms with E-state index in [0.29, 0.717) is 23.2 Å². The summed E-state index contributed by atoms with van der Waals surface area (Å²) in [6.45, 7) is 0.567. The fourth-order valence-electron chi connectivity index (χ4n) is 3.15. The second-order valence-electron chi connectivity index (χ2n) is 6.79. The molecule has 0 radical (unpaired) electrons. The lowest BCUT2D eigenvalue weighted by Crippen LogP contribution is -2.23. The third kappa shape index (κ3) is 4.10. The number of amides is 1. The van der Waals surface area contributed by atoms with E-state index in [2.05, 4.69) is 5.32 Å². The van der Waals surface area contributed by atoms with E-state index < -0.39 is 5.76 Å². The molecule has 0 fully saturated rings. The van der Waals surface area contributed by atoms with Gasteiger partial charge in [-0.05, 0) is 53.6 Å². The lowest BCUT2D eigenvalue weighted by Gasteiger charge is -2.07.